The Kier molecular flexibility index (Phi) is 4.80. The molecule has 2 rings (SSSR count). The van der Waals surface area contributed by atoms with Gasteiger partial charge in [0.2, 0.25) is 0 Å². The smallest absolute Gasteiger partial charge is 0.306 e. The van der Waals surface area contributed by atoms with Gasteiger partial charge in [0, 0.05) is 12.6 Å². The third-order valence-electron chi connectivity index (χ3n) is 3.67. The maximum atomic E-state index is 11.2. The second-order valence-corrected chi connectivity index (χ2v) is 4.80. The average molecular weight is 263 g/mol. The van der Waals surface area contributed by atoms with Crippen LogP contribution in [0.2, 0.25) is 0 Å². The van der Waals surface area contributed by atoms with E-state index >= 15 is 0 Å². The van der Waals surface area contributed by atoms with Crippen molar-refractivity contribution in [1.82, 2.24) is 4.90 Å². The van der Waals surface area contributed by atoms with Crippen molar-refractivity contribution >= 4 is 5.97 Å². The van der Waals surface area contributed by atoms with Gasteiger partial charge in [0.25, 0.3) is 0 Å². The standard InChI is InChI=1S/C15H21NO3/c1-18-13-6-3-5-12(11-13)14-7-4-9-16(14)10-8-15(17)19-2/h3,5-6,11,14H,4,7-10H2,1-2H3. The Morgan fingerprint density at radius 3 is 3.00 bits per heavy atom. The molecule has 0 bridgehead atoms. The summed E-state index contributed by atoms with van der Waals surface area (Å²) < 4.78 is 9.97. The van der Waals surface area contributed by atoms with Crippen molar-refractivity contribution in [3.05, 3.63) is 29.8 Å². The lowest BCUT2D eigenvalue weighted by Gasteiger charge is -2.24. The second-order valence-electron chi connectivity index (χ2n) is 4.80. The minimum absolute atomic E-state index is 0.142. The summed E-state index contributed by atoms with van der Waals surface area (Å²) >= 11 is 0. The normalized spacial score (nSPS) is 19.4. The van der Waals surface area contributed by atoms with E-state index in [1.54, 1.807) is 7.11 Å². The monoisotopic (exact) mass is 263 g/mol. The zero-order valence-electron chi connectivity index (χ0n) is 11.6. The summed E-state index contributed by atoms with van der Waals surface area (Å²) in [6.45, 7) is 1.80. The fraction of sp³-hybridized carbons (Fsp3) is 0.533. The highest BCUT2D eigenvalue weighted by atomic mass is 16.5. The first-order chi connectivity index (χ1) is 9.24. The number of methoxy groups -OCH3 is 2. The largest absolute Gasteiger partial charge is 0.497 e. The van der Waals surface area contributed by atoms with Gasteiger partial charge in [0.05, 0.1) is 20.6 Å². The van der Waals surface area contributed by atoms with Crippen molar-refractivity contribution in [3.8, 4) is 5.75 Å². The van der Waals surface area contributed by atoms with E-state index in [4.69, 9.17) is 9.47 Å². The van der Waals surface area contributed by atoms with Gasteiger partial charge in [-0.2, -0.15) is 0 Å². The van der Waals surface area contributed by atoms with E-state index in [2.05, 4.69) is 17.0 Å². The Labute approximate surface area is 114 Å². The van der Waals surface area contributed by atoms with E-state index in [1.807, 2.05) is 12.1 Å². The Balaban J connectivity index is 2.03. The topological polar surface area (TPSA) is 38.8 Å². The number of carbonyl (C=O) groups excluding carboxylic acids is 1. The Morgan fingerprint density at radius 2 is 2.26 bits per heavy atom. The molecule has 1 fully saturated rings. The minimum atomic E-state index is -0.142. The molecule has 0 saturated carbocycles. The van der Waals surface area contributed by atoms with Gasteiger partial charge in [0.1, 0.15) is 5.75 Å². The molecule has 1 aliphatic rings. The molecule has 1 heterocycles. The molecular formula is C15H21NO3. The summed E-state index contributed by atoms with van der Waals surface area (Å²) in [6.07, 6.45) is 2.76. The summed E-state index contributed by atoms with van der Waals surface area (Å²) in [6, 6.07) is 8.58. The van der Waals surface area contributed by atoms with E-state index in [-0.39, 0.29) is 5.97 Å². The maximum Gasteiger partial charge on any atom is 0.306 e. The molecule has 1 aliphatic heterocycles. The van der Waals surface area contributed by atoms with E-state index in [0.29, 0.717) is 12.5 Å². The second kappa shape index (κ2) is 6.57. The minimum Gasteiger partial charge on any atom is -0.497 e. The molecule has 19 heavy (non-hydrogen) atoms. The molecule has 0 amide bonds. The van der Waals surface area contributed by atoms with Crippen LogP contribution in [-0.2, 0) is 9.53 Å². The van der Waals surface area contributed by atoms with Crippen LogP contribution >= 0.6 is 0 Å². The van der Waals surface area contributed by atoms with Gasteiger partial charge in [-0.05, 0) is 37.1 Å². The quantitative estimate of drug-likeness (QED) is 0.765. The van der Waals surface area contributed by atoms with Gasteiger partial charge in [-0.25, -0.2) is 0 Å². The molecule has 1 saturated heterocycles. The maximum absolute atomic E-state index is 11.2. The van der Waals surface area contributed by atoms with Crippen LogP contribution in [0.5, 0.6) is 5.75 Å². The van der Waals surface area contributed by atoms with Crippen molar-refractivity contribution in [2.24, 2.45) is 0 Å². The first-order valence-corrected chi connectivity index (χ1v) is 6.69. The Bertz CT molecular complexity index is 433. The number of benzene rings is 1. The van der Waals surface area contributed by atoms with Crippen LogP contribution < -0.4 is 4.74 Å². The van der Waals surface area contributed by atoms with Gasteiger partial charge >= 0.3 is 5.97 Å². The number of esters is 1. The molecule has 4 heteroatoms. The number of ether oxygens (including phenoxy) is 2. The first-order valence-electron chi connectivity index (χ1n) is 6.69. The third kappa shape index (κ3) is 3.47. The van der Waals surface area contributed by atoms with Crippen LogP contribution in [0.4, 0.5) is 0 Å². The number of rotatable bonds is 5. The van der Waals surface area contributed by atoms with Crippen LogP contribution in [0.25, 0.3) is 0 Å². The fourth-order valence-electron chi connectivity index (χ4n) is 2.66. The lowest BCUT2D eigenvalue weighted by Crippen LogP contribution is -2.26. The molecule has 4 nitrogen and oxygen atoms in total. The highest BCUT2D eigenvalue weighted by Gasteiger charge is 2.26. The van der Waals surface area contributed by atoms with E-state index < -0.39 is 0 Å². The zero-order chi connectivity index (χ0) is 13.7. The first kappa shape index (κ1) is 13.9. The van der Waals surface area contributed by atoms with Crippen molar-refractivity contribution in [3.63, 3.8) is 0 Å². The van der Waals surface area contributed by atoms with Crippen molar-refractivity contribution in [1.29, 1.82) is 0 Å². The highest BCUT2D eigenvalue weighted by molar-refractivity contribution is 5.69. The van der Waals surface area contributed by atoms with Crippen LogP contribution in [0.15, 0.2) is 24.3 Å². The average Bonchev–Trinajstić information content (AvgIpc) is 2.93. The molecule has 1 aromatic carbocycles. The van der Waals surface area contributed by atoms with Crippen LogP contribution in [0.3, 0.4) is 0 Å². The summed E-state index contributed by atoms with van der Waals surface area (Å²) in [5.41, 5.74) is 1.27. The molecule has 1 unspecified atom stereocenters. The number of hydrogen-bond acceptors (Lipinski definition) is 4. The van der Waals surface area contributed by atoms with Gasteiger partial charge < -0.3 is 9.47 Å². The molecule has 1 atom stereocenters. The van der Waals surface area contributed by atoms with Gasteiger partial charge in [-0.15, -0.1) is 0 Å². The molecule has 0 N–H and O–H groups in total. The van der Waals surface area contributed by atoms with Crippen LogP contribution in [0.1, 0.15) is 30.9 Å². The molecule has 104 valence electrons. The van der Waals surface area contributed by atoms with E-state index in [1.165, 1.54) is 19.1 Å². The highest BCUT2D eigenvalue weighted by Crippen LogP contribution is 2.33. The molecule has 1 aromatic rings. The molecule has 0 aliphatic carbocycles. The van der Waals surface area contributed by atoms with Gasteiger partial charge in [0.15, 0.2) is 0 Å². The van der Waals surface area contributed by atoms with Crippen molar-refractivity contribution in [2.75, 3.05) is 27.3 Å². The van der Waals surface area contributed by atoms with Crippen LogP contribution in [0, 0.1) is 0 Å². The Hall–Kier alpha value is -1.55. The number of nitrogens with zero attached hydrogens (tertiary/aromatic N) is 1. The van der Waals surface area contributed by atoms with Crippen molar-refractivity contribution in [2.45, 2.75) is 25.3 Å². The number of likely N-dealkylation sites (tertiary alicyclic amines) is 1. The fourth-order valence-corrected chi connectivity index (χ4v) is 2.66. The number of hydrogen-bond donors (Lipinski definition) is 0. The van der Waals surface area contributed by atoms with Gasteiger partial charge in [-0.3, -0.25) is 9.69 Å². The van der Waals surface area contributed by atoms with Gasteiger partial charge in [-0.1, -0.05) is 12.1 Å². The predicted octanol–water partition coefficient (Wildman–Crippen LogP) is 2.40. The molecular weight excluding hydrogens is 242 g/mol. The predicted molar refractivity (Wildman–Crippen MR) is 73.2 cm³/mol. The molecule has 0 spiro atoms. The van der Waals surface area contributed by atoms with E-state index in [9.17, 15) is 4.79 Å². The van der Waals surface area contributed by atoms with E-state index in [0.717, 1.165) is 25.3 Å². The lowest BCUT2D eigenvalue weighted by atomic mass is 10.0. The summed E-state index contributed by atoms with van der Waals surface area (Å²) in [5, 5.41) is 0. The zero-order valence-corrected chi connectivity index (χ0v) is 11.6. The molecule has 0 aromatic heterocycles. The molecule has 0 radical (unpaired) electrons. The summed E-state index contributed by atoms with van der Waals surface area (Å²) in [7, 11) is 3.12. The summed E-state index contributed by atoms with van der Waals surface area (Å²) in [5.74, 6) is 0.744. The van der Waals surface area contributed by atoms with Crippen molar-refractivity contribution < 1.29 is 14.3 Å². The number of carbonyl (C=O) groups is 1. The Morgan fingerprint density at radius 1 is 1.42 bits per heavy atom. The SMILES string of the molecule is COC(=O)CCN1CCCC1c1cccc(OC)c1. The lowest BCUT2D eigenvalue weighted by molar-refractivity contribution is -0.141. The third-order valence-corrected chi connectivity index (χ3v) is 3.67. The van der Waals surface area contributed by atoms with Crippen LogP contribution in [-0.4, -0.2) is 38.2 Å². The summed E-state index contributed by atoms with van der Waals surface area (Å²) in [4.78, 5) is 13.6.